The first kappa shape index (κ1) is 16.0. The fourth-order valence-corrected chi connectivity index (χ4v) is 3.75. The molecule has 2 aromatic rings. The number of hydrogen-bond donors (Lipinski definition) is 2. The summed E-state index contributed by atoms with van der Waals surface area (Å²) < 4.78 is 46.6. The topological polar surface area (TPSA) is 97.0 Å². The number of ether oxygens (including phenoxy) is 1. The molecule has 0 unspecified atom stereocenters. The molecule has 1 fully saturated rings. The number of benzene rings is 1. The predicted octanol–water partition coefficient (Wildman–Crippen LogP) is 1.45. The highest BCUT2D eigenvalue weighted by molar-refractivity contribution is 7.89. The largest absolute Gasteiger partial charge is 0.366 e. The van der Waals surface area contributed by atoms with Gasteiger partial charge in [0.05, 0.1) is 6.10 Å². The third kappa shape index (κ3) is 3.41. The summed E-state index contributed by atoms with van der Waals surface area (Å²) in [6, 6.07) is 4.28. The average Bonchev–Trinajstić information content (AvgIpc) is 3.18. The lowest BCUT2D eigenvalue weighted by molar-refractivity contribution is 0.0430. The van der Waals surface area contributed by atoms with Crippen molar-refractivity contribution in [2.24, 2.45) is 0 Å². The van der Waals surface area contributed by atoms with Crippen LogP contribution in [0.3, 0.4) is 0 Å². The maximum absolute atomic E-state index is 14.0. The van der Waals surface area contributed by atoms with Gasteiger partial charge >= 0.3 is 0 Å². The molecule has 3 rings (SSSR count). The van der Waals surface area contributed by atoms with Gasteiger partial charge in [-0.25, -0.2) is 22.5 Å². The van der Waals surface area contributed by atoms with Crippen molar-refractivity contribution in [1.82, 2.24) is 19.9 Å². The van der Waals surface area contributed by atoms with Crippen LogP contribution in [0.1, 0.15) is 30.3 Å². The fraction of sp³-hybridized carbons (Fsp3) is 0.429. The first-order valence-electron chi connectivity index (χ1n) is 7.23. The molecule has 124 valence electrons. The minimum absolute atomic E-state index is 0.0837. The number of rotatable bonds is 5. The number of aryl methyl sites for hydroxylation is 1. The summed E-state index contributed by atoms with van der Waals surface area (Å²) in [6.07, 6.45) is 2.30. The minimum atomic E-state index is -3.91. The van der Waals surface area contributed by atoms with Gasteiger partial charge in [-0.2, -0.15) is 5.10 Å². The summed E-state index contributed by atoms with van der Waals surface area (Å²) >= 11 is 0. The number of sulfonamides is 1. The van der Waals surface area contributed by atoms with E-state index in [0.29, 0.717) is 12.2 Å². The Morgan fingerprint density at radius 1 is 1.43 bits per heavy atom. The molecule has 0 spiro atoms. The minimum Gasteiger partial charge on any atom is -0.366 e. The number of halogens is 1. The smallest absolute Gasteiger partial charge is 0.243 e. The molecular formula is C14H17FN4O3S. The van der Waals surface area contributed by atoms with Crippen LogP contribution in [0.5, 0.6) is 0 Å². The monoisotopic (exact) mass is 340 g/mol. The molecule has 0 bridgehead atoms. The molecule has 7 nitrogen and oxygen atoms in total. The van der Waals surface area contributed by atoms with Crippen molar-refractivity contribution in [3.63, 3.8) is 0 Å². The number of nitrogens with one attached hydrogen (secondary N) is 2. The first-order valence-corrected chi connectivity index (χ1v) is 8.71. The molecule has 23 heavy (non-hydrogen) atoms. The van der Waals surface area contributed by atoms with Gasteiger partial charge in [-0.3, -0.25) is 5.10 Å². The SMILES string of the molecule is Cc1cccc(S(=O)(=O)NC[C@H]2CC[C@@H](c3ncn[nH]3)O2)c1F. The zero-order valence-corrected chi connectivity index (χ0v) is 13.3. The molecule has 2 N–H and O–H groups in total. The second-order valence-corrected chi connectivity index (χ2v) is 7.17. The summed E-state index contributed by atoms with van der Waals surface area (Å²) in [4.78, 5) is 3.69. The van der Waals surface area contributed by atoms with E-state index in [9.17, 15) is 12.8 Å². The molecule has 1 saturated heterocycles. The number of aromatic nitrogens is 3. The summed E-state index contributed by atoms with van der Waals surface area (Å²) in [5, 5.41) is 6.50. The van der Waals surface area contributed by atoms with Gasteiger partial charge in [-0.1, -0.05) is 12.1 Å². The lowest BCUT2D eigenvalue weighted by atomic mass is 10.2. The Labute approximate surface area is 133 Å². The maximum Gasteiger partial charge on any atom is 0.243 e. The van der Waals surface area contributed by atoms with Crippen LogP contribution in [0.2, 0.25) is 0 Å². The molecule has 0 saturated carbocycles. The highest BCUT2D eigenvalue weighted by Crippen LogP contribution is 2.30. The Morgan fingerprint density at radius 2 is 2.26 bits per heavy atom. The molecule has 0 amide bonds. The van der Waals surface area contributed by atoms with Gasteiger partial charge in [-0.05, 0) is 31.4 Å². The van der Waals surface area contributed by atoms with Gasteiger partial charge in [0, 0.05) is 6.54 Å². The number of H-pyrrole nitrogens is 1. The lowest BCUT2D eigenvalue weighted by Crippen LogP contribution is -2.32. The fourth-order valence-electron chi connectivity index (χ4n) is 2.54. The van der Waals surface area contributed by atoms with E-state index in [1.807, 2.05) is 0 Å². The van der Waals surface area contributed by atoms with Crippen molar-refractivity contribution in [3.05, 3.63) is 41.7 Å². The van der Waals surface area contributed by atoms with E-state index in [0.717, 1.165) is 6.42 Å². The molecule has 1 aromatic heterocycles. The summed E-state index contributed by atoms with van der Waals surface area (Å²) in [5.41, 5.74) is 0.287. The highest BCUT2D eigenvalue weighted by atomic mass is 32.2. The predicted molar refractivity (Wildman–Crippen MR) is 79.6 cm³/mol. The second-order valence-electron chi connectivity index (χ2n) is 5.43. The van der Waals surface area contributed by atoms with E-state index in [1.54, 1.807) is 0 Å². The third-order valence-corrected chi connectivity index (χ3v) is 5.23. The van der Waals surface area contributed by atoms with E-state index < -0.39 is 15.8 Å². The van der Waals surface area contributed by atoms with Crippen LogP contribution in [-0.4, -0.2) is 36.2 Å². The first-order chi connectivity index (χ1) is 11.0. The van der Waals surface area contributed by atoms with Crippen molar-refractivity contribution in [2.75, 3.05) is 6.54 Å². The Kier molecular flexibility index (Phi) is 4.42. The maximum atomic E-state index is 14.0. The van der Waals surface area contributed by atoms with Crippen LogP contribution in [0, 0.1) is 12.7 Å². The van der Waals surface area contributed by atoms with Crippen molar-refractivity contribution >= 4 is 10.0 Å². The molecule has 0 aliphatic carbocycles. The zero-order chi connectivity index (χ0) is 16.4. The molecule has 0 radical (unpaired) electrons. The van der Waals surface area contributed by atoms with Crippen LogP contribution in [-0.2, 0) is 14.8 Å². The summed E-state index contributed by atoms with van der Waals surface area (Å²) in [5.74, 6) is -0.105. The van der Waals surface area contributed by atoms with E-state index in [-0.39, 0.29) is 29.2 Å². The Morgan fingerprint density at radius 3 is 3.00 bits per heavy atom. The van der Waals surface area contributed by atoms with Crippen LogP contribution in [0.15, 0.2) is 29.4 Å². The lowest BCUT2D eigenvalue weighted by Gasteiger charge is -2.14. The van der Waals surface area contributed by atoms with Crippen molar-refractivity contribution in [1.29, 1.82) is 0 Å². The molecule has 9 heteroatoms. The van der Waals surface area contributed by atoms with Gasteiger partial charge in [0.2, 0.25) is 10.0 Å². The van der Waals surface area contributed by atoms with Crippen molar-refractivity contribution in [3.8, 4) is 0 Å². The van der Waals surface area contributed by atoms with Crippen LogP contribution in [0.25, 0.3) is 0 Å². The van der Waals surface area contributed by atoms with Gasteiger partial charge in [-0.15, -0.1) is 0 Å². The number of nitrogens with zero attached hydrogens (tertiary/aromatic N) is 2. The van der Waals surface area contributed by atoms with Gasteiger partial charge in [0.25, 0.3) is 0 Å². The van der Waals surface area contributed by atoms with Gasteiger partial charge in [0.1, 0.15) is 23.1 Å². The number of hydrogen-bond acceptors (Lipinski definition) is 5. The molecular weight excluding hydrogens is 323 g/mol. The quantitative estimate of drug-likeness (QED) is 0.859. The van der Waals surface area contributed by atoms with Crippen LogP contribution >= 0.6 is 0 Å². The zero-order valence-electron chi connectivity index (χ0n) is 12.5. The molecule has 2 atom stereocenters. The Balaban J connectivity index is 1.63. The Bertz CT molecular complexity index is 779. The van der Waals surface area contributed by atoms with Crippen LogP contribution < -0.4 is 4.72 Å². The normalized spacial score (nSPS) is 21.7. The average molecular weight is 340 g/mol. The Hall–Kier alpha value is -1.84. The third-order valence-electron chi connectivity index (χ3n) is 3.79. The summed E-state index contributed by atoms with van der Waals surface area (Å²) in [7, 11) is -3.91. The standard InChI is InChI=1S/C14H17FN4O3S/c1-9-3-2-4-12(13(9)15)23(20,21)18-7-10-5-6-11(22-10)14-16-8-17-19-14/h2-4,8,10-11,18H,5-7H2,1H3,(H,16,17,19)/t10-,11+/m1/s1. The van der Waals surface area contributed by atoms with E-state index in [2.05, 4.69) is 19.9 Å². The highest BCUT2D eigenvalue weighted by Gasteiger charge is 2.30. The molecule has 1 aliphatic rings. The molecule has 1 aromatic carbocycles. The van der Waals surface area contributed by atoms with Crippen LogP contribution in [0.4, 0.5) is 4.39 Å². The second kappa shape index (κ2) is 6.34. The molecule has 2 heterocycles. The number of aromatic amines is 1. The van der Waals surface area contributed by atoms with E-state index in [4.69, 9.17) is 4.74 Å². The molecule has 1 aliphatic heterocycles. The van der Waals surface area contributed by atoms with E-state index >= 15 is 0 Å². The van der Waals surface area contributed by atoms with Gasteiger partial charge < -0.3 is 4.74 Å². The van der Waals surface area contributed by atoms with Gasteiger partial charge in [0.15, 0.2) is 5.82 Å². The van der Waals surface area contributed by atoms with Crippen molar-refractivity contribution in [2.45, 2.75) is 36.9 Å². The van der Waals surface area contributed by atoms with E-state index in [1.165, 1.54) is 31.5 Å². The van der Waals surface area contributed by atoms with Crippen molar-refractivity contribution < 1.29 is 17.5 Å². The summed E-state index contributed by atoms with van der Waals surface area (Å²) in [6.45, 7) is 1.61.